The molecule has 2 heterocycles. The minimum Gasteiger partial charge on any atom is -0.856 e. The average Bonchev–Trinajstić information content (AvgIpc) is 2.99. The maximum Gasteiger partial charge on any atom is 1.00 e. The van der Waals surface area contributed by atoms with Crippen LogP contribution in [0.25, 0.3) is 11.3 Å². The maximum atomic E-state index is 14.0. The van der Waals surface area contributed by atoms with Crippen LogP contribution < -0.4 is 39.4 Å². The molecule has 1 aliphatic rings. The fraction of sp³-hybridized carbons (Fsp3) is 0.278. The fourth-order valence-corrected chi connectivity index (χ4v) is 2.93. The van der Waals surface area contributed by atoms with Crippen molar-refractivity contribution in [2.75, 3.05) is 0 Å². The molecule has 0 atom stereocenters. The number of hydrogen-bond donors (Lipinski definition) is 0. The van der Waals surface area contributed by atoms with E-state index in [0.717, 1.165) is 24.0 Å². The Kier molecular flexibility index (Phi) is 5.60. The first-order valence-corrected chi connectivity index (χ1v) is 7.97. The fourth-order valence-electron chi connectivity index (χ4n) is 2.93. The van der Waals surface area contributed by atoms with Gasteiger partial charge in [-0.25, -0.2) is 14.4 Å². The van der Waals surface area contributed by atoms with Gasteiger partial charge in [0.25, 0.3) is 0 Å². The largest absolute Gasteiger partial charge is 1.00 e. The summed E-state index contributed by atoms with van der Waals surface area (Å²) in [7, 11) is 0. The topological polar surface area (TPSA) is 84.1 Å². The van der Waals surface area contributed by atoms with Crippen LogP contribution in [0.15, 0.2) is 41.2 Å². The van der Waals surface area contributed by atoms with Crippen molar-refractivity contribution in [1.82, 2.24) is 15.1 Å². The number of nitrogens with zero attached hydrogens (tertiary/aromatic N) is 3. The van der Waals surface area contributed by atoms with Gasteiger partial charge in [-0.3, -0.25) is 0 Å². The third kappa shape index (κ3) is 3.90. The molecule has 3 aromatic rings. The number of aromatic nitrogens is 3. The van der Waals surface area contributed by atoms with E-state index in [1.54, 1.807) is 6.07 Å². The predicted molar refractivity (Wildman–Crippen MR) is 84.5 cm³/mol. The number of rotatable bonds is 4. The molecule has 1 saturated carbocycles. The van der Waals surface area contributed by atoms with Crippen LogP contribution in [-0.4, -0.2) is 21.2 Å². The summed E-state index contributed by atoms with van der Waals surface area (Å²) in [6.45, 7) is 1.87. The normalized spacial score (nSPS) is 18.7. The molecule has 26 heavy (non-hydrogen) atoms. The van der Waals surface area contributed by atoms with E-state index in [1.807, 2.05) is 19.1 Å². The number of aryl methyl sites for hydroxylation is 1. The molecule has 128 valence electrons. The van der Waals surface area contributed by atoms with E-state index in [0.29, 0.717) is 11.3 Å². The Morgan fingerprint density at radius 2 is 1.92 bits per heavy atom. The molecule has 0 aliphatic heterocycles. The molecular weight excluding hydrogens is 348 g/mol. The van der Waals surface area contributed by atoms with Crippen molar-refractivity contribution in [1.29, 1.82) is 0 Å². The van der Waals surface area contributed by atoms with Gasteiger partial charge >= 0.3 is 35.6 Å². The Bertz CT molecular complexity index is 895. The molecule has 1 aromatic carbocycles. The Hall–Kier alpha value is -1.96. The summed E-state index contributed by atoms with van der Waals surface area (Å²) in [5, 5.41) is 14.3. The summed E-state index contributed by atoms with van der Waals surface area (Å²) in [5.41, 5.74) is 2.20. The molecule has 0 unspecified atom stereocenters. The number of hydrogen-bond acceptors (Lipinski definition) is 6. The minimum absolute atomic E-state index is 0. The van der Waals surface area contributed by atoms with Gasteiger partial charge in [-0.15, -0.1) is 0 Å². The van der Waals surface area contributed by atoms with Crippen LogP contribution in [-0.2, 0) is 0 Å². The van der Waals surface area contributed by atoms with Gasteiger partial charge in [0.2, 0.25) is 0 Å². The smallest absolute Gasteiger partial charge is 0.856 e. The first-order chi connectivity index (χ1) is 12.1. The van der Waals surface area contributed by atoms with Crippen LogP contribution in [0.2, 0.25) is 0 Å². The van der Waals surface area contributed by atoms with Crippen LogP contribution in [0.5, 0.6) is 11.9 Å². The first kappa shape index (κ1) is 18.8. The Labute approximate surface area is 171 Å². The van der Waals surface area contributed by atoms with Gasteiger partial charge in [-0.1, -0.05) is 17.3 Å². The van der Waals surface area contributed by atoms with Gasteiger partial charge in [0, 0.05) is 18.3 Å². The quantitative estimate of drug-likeness (QED) is 0.606. The van der Waals surface area contributed by atoms with Gasteiger partial charge in [0.1, 0.15) is 11.9 Å². The average molecular weight is 363 g/mol. The second-order valence-electron chi connectivity index (χ2n) is 6.22. The third-order valence-electron chi connectivity index (χ3n) is 4.36. The summed E-state index contributed by atoms with van der Waals surface area (Å²) < 4.78 is 24.6. The Morgan fingerprint density at radius 3 is 2.54 bits per heavy atom. The zero-order valence-electron chi connectivity index (χ0n) is 14.5. The van der Waals surface area contributed by atoms with Gasteiger partial charge in [0.05, 0.1) is 5.56 Å². The van der Waals surface area contributed by atoms with Crippen molar-refractivity contribution < 1.29 is 48.3 Å². The second kappa shape index (κ2) is 7.73. The SMILES string of the molecule is Cc1ccc([C@H]2C[C@@H](Oc3ncc(-c4cc([O-])no4)cn3)C2)c(F)c1.[Na+]. The molecule has 4 rings (SSSR count). The van der Waals surface area contributed by atoms with Gasteiger partial charge in [-0.05, 0) is 48.9 Å². The summed E-state index contributed by atoms with van der Waals surface area (Å²) in [4.78, 5) is 8.23. The summed E-state index contributed by atoms with van der Waals surface area (Å²) >= 11 is 0. The van der Waals surface area contributed by atoms with Crippen LogP contribution in [0.4, 0.5) is 4.39 Å². The van der Waals surface area contributed by atoms with Crippen LogP contribution >= 0.6 is 0 Å². The van der Waals surface area contributed by atoms with Crippen molar-refractivity contribution in [3.05, 3.63) is 53.6 Å². The molecule has 8 heteroatoms. The first-order valence-electron chi connectivity index (χ1n) is 7.97. The van der Waals surface area contributed by atoms with Crippen LogP contribution in [0, 0.1) is 12.7 Å². The number of halogens is 1. The minimum atomic E-state index is -0.445. The van der Waals surface area contributed by atoms with E-state index in [9.17, 15) is 9.50 Å². The van der Waals surface area contributed by atoms with Crippen molar-refractivity contribution in [3.8, 4) is 23.2 Å². The third-order valence-corrected chi connectivity index (χ3v) is 4.36. The van der Waals surface area contributed by atoms with Crippen LogP contribution in [0.3, 0.4) is 0 Å². The maximum absolute atomic E-state index is 14.0. The molecule has 0 radical (unpaired) electrons. The van der Waals surface area contributed by atoms with E-state index in [2.05, 4.69) is 15.1 Å². The molecule has 0 bridgehead atoms. The van der Waals surface area contributed by atoms with Crippen molar-refractivity contribution >= 4 is 0 Å². The molecular formula is C18H15FN3NaO3. The zero-order valence-corrected chi connectivity index (χ0v) is 16.5. The monoisotopic (exact) mass is 363 g/mol. The second-order valence-corrected chi connectivity index (χ2v) is 6.22. The standard InChI is InChI=1S/C18H16FN3O3.Na/c1-10-2-3-14(15(19)4-10)11-5-13(6-11)24-18-20-8-12(9-21-18)16-7-17(23)22-25-16;/h2-4,7-9,11,13H,5-6H2,1H3,(H,22,23);/q;+1/p-1/t11-,13+;. The number of benzene rings is 1. The molecule has 2 aromatic heterocycles. The van der Waals surface area contributed by atoms with E-state index >= 15 is 0 Å². The molecule has 0 saturated heterocycles. The van der Waals surface area contributed by atoms with E-state index in [4.69, 9.17) is 9.26 Å². The molecule has 1 aliphatic carbocycles. The van der Waals surface area contributed by atoms with E-state index in [-0.39, 0.29) is 53.4 Å². The molecule has 0 spiro atoms. The Balaban J connectivity index is 0.00000196. The number of ether oxygens (including phenoxy) is 1. The summed E-state index contributed by atoms with van der Waals surface area (Å²) in [5.74, 6) is -0.127. The van der Waals surface area contributed by atoms with Gasteiger partial charge in [-0.2, -0.15) is 0 Å². The van der Waals surface area contributed by atoms with Gasteiger partial charge < -0.3 is 14.4 Å². The molecule has 0 amide bonds. The zero-order chi connectivity index (χ0) is 17.4. The van der Waals surface area contributed by atoms with E-state index < -0.39 is 5.88 Å². The van der Waals surface area contributed by atoms with Crippen molar-refractivity contribution in [2.45, 2.75) is 31.8 Å². The van der Waals surface area contributed by atoms with Crippen molar-refractivity contribution in [2.24, 2.45) is 0 Å². The van der Waals surface area contributed by atoms with Crippen molar-refractivity contribution in [3.63, 3.8) is 0 Å². The van der Waals surface area contributed by atoms with Crippen LogP contribution in [0.1, 0.15) is 29.9 Å². The predicted octanol–water partition coefficient (Wildman–Crippen LogP) is -0.0183. The van der Waals surface area contributed by atoms with Gasteiger partial charge in [0.15, 0.2) is 5.76 Å². The summed E-state index contributed by atoms with van der Waals surface area (Å²) in [6, 6.07) is 6.84. The van der Waals surface area contributed by atoms with E-state index in [1.165, 1.54) is 18.5 Å². The molecule has 6 nitrogen and oxygen atoms in total. The molecule has 0 N–H and O–H groups in total. The Morgan fingerprint density at radius 1 is 1.19 bits per heavy atom. The summed E-state index contributed by atoms with van der Waals surface area (Å²) in [6.07, 6.45) is 4.45. The molecule has 1 fully saturated rings.